The first-order chi connectivity index (χ1) is 11.4. The molecule has 1 saturated carbocycles. The highest BCUT2D eigenvalue weighted by Gasteiger charge is 2.50. The SMILES string of the molecule is O=C([O-])COc1cc2c(c(Cl)c1Cl)C1=CC(=O)C3CCCC1(C2)C3. The van der Waals surface area contributed by atoms with Crippen LogP contribution < -0.4 is 9.84 Å². The first-order valence-corrected chi connectivity index (χ1v) is 8.77. The van der Waals surface area contributed by atoms with Crippen LogP contribution in [0.25, 0.3) is 5.57 Å². The van der Waals surface area contributed by atoms with Gasteiger partial charge in [-0.1, -0.05) is 29.6 Å². The van der Waals surface area contributed by atoms with Crippen molar-refractivity contribution in [2.75, 3.05) is 6.61 Å². The van der Waals surface area contributed by atoms with Crippen molar-refractivity contribution in [3.63, 3.8) is 0 Å². The molecule has 1 spiro atoms. The summed E-state index contributed by atoms with van der Waals surface area (Å²) in [5, 5.41) is 11.1. The summed E-state index contributed by atoms with van der Waals surface area (Å²) in [6, 6.07) is 1.76. The molecule has 0 radical (unpaired) electrons. The highest BCUT2D eigenvalue weighted by molar-refractivity contribution is 6.44. The van der Waals surface area contributed by atoms with Gasteiger partial charge in [-0.15, -0.1) is 0 Å². The molecule has 4 nitrogen and oxygen atoms in total. The van der Waals surface area contributed by atoms with Crippen LogP contribution in [0.15, 0.2) is 12.1 Å². The molecule has 2 bridgehead atoms. The van der Waals surface area contributed by atoms with Gasteiger partial charge in [0.25, 0.3) is 0 Å². The number of allylic oxidation sites excluding steroid dienone is 2. The number of carboxylic acid groups (broad SMARTS) is 1. The van der Waals surface area contributed by atoms with Crippen molar-refractivity contribution in [2.45, 2.75) is 32.1 Å². The van der Waals surface area contributed by atoms with E-state index < -0.39 is 12.6 Å². The number of aliphatic carboxylic acids is 1. The second-order valence-electron chi connectivity index (χ2n) is 6.91. The molecule has 0 aliphatic heterocycles. The molecule has 2 atom stereocenters. The van der Waals surface area contributed by atoms with Crippen molar-refractivity contribution in [2.24, 2.45) is 11.3 Å². The van der Waals surface area contributed by atoms with Gasteiger partial charge in [-0.2, -0.15) is 0 Å². The Balaban J connectivity index is 1.81. The molecule has 126 valence electrons. The number of benzene rings is 1. The van der Waals surface area contributed by atoms with E-state index in [2.05, 4.69) is 0 Å². The Morgan fingerprint density at radius 3 is 2.92 bits per heavy atom. The van der Waals surface area contributed by atoms with Crippen LogP contribution in [-0.4, -0.2) is 18.4 Å². The molecule has 0 saturated heterocycles. The fraction of sp³-hybridized carbons (Fsp3) is 0.444. The standard InChI is InChI=1S/C18H16Cl2O4/c19-16-13(24-8-14(22)23)4-10-7-18-3-1-2-9(6-18)12(21)5-11(18)15(10)17(16)20/h4-5,9H,1-3,6-8H2,(H,22,23)/p-1. The fourth-order valence-electron chi connectivity index (χ4n) is 4.55. The monoisotopic (exact) mass is 365 g/mol. The van der Waals surface area contributed by atoms with Crippen molar-refractivity contribution < 1.29 is 19.4 Å². The van der Waals surface area contributed by atoms with E-state index in [1.54, 1.807) is 12.1 Å². The summed E-state index contributed by atoms with van der Waals surface area (Å²) < 4.78 is 5.22. The average molecular weight is 366 g/mol. The maximum atomic E-state index is 12.3. The summed E-state index contributed by atoms with van der Waals surface area (Å²) in [7, 11) is 0. The van der Waals surface area contributed by atoms with Gasteiger partial charge in [-0.05, 0) is 49.0 Å². The van der Waals surface area contributed by atoms with E-state index in [4.69, 9.17) is 27.9 Å². The highest BCUT2D eigenvalue weighted by Crippen LogP contribution is 2.61. The van der Waals surface area contributed by atoms with Gasteiger partial charge in [0.1, 0.15) is 17.4 Å². The van der Waals surface area contributed by atoms with Crippen LogP contribution in [0.3, 0.4) is 0 Å². The molecule has 24 heavy (non-hydrogen) atoms. The van der Waals surface area contributed by atoms with Gasteiger partial charge in [-0.3, -0.25) is 4.79 Å². The smallest absolute Gasteiger partial charge is 0.159 e. The van der Waals surface area contributed by atoms with E-state index in [-0.39, 0.29) is 27.9 Å². The summed E-state index contributed by atoms with van der Waals surface area (Å²) in [5.74, 6) is -0.783. The van der Waals surface area contributed by atoms with Crippen LogP contribution in [0, 0.1) is 11.3 Å². The third-order valence-electron chi connectivity index (χ3n) is 5.50. The summed E-state index contributed by atoms with van der Waals surface area (Å²) in [6.45, 7) is -0.580. The number of ketones is 1. The Morgan fingerprint density at radius 2 is 2.17 bits per heavy atom. The topological polar surface area (TPSA) is 66.4 Å². The van der Waals surface area contributed by atoms with Crippen LogP contribution >= 0.6 is 23.2 Å². The maximum Gasteiger partial charge on any atom is 0.159 e. The molecule has 6 heteroatoms. The Hall–Kier alpha value is -1.52. The van der Waals surface area contributed by atoms with Crippen LogP contribution in [0.1, 0.15) is 36.8 Å². The molecule has 3 aliphatic rings. The Morgan fingerprint density at radius 1 is 1.38 bits per heavy atom. The van der Waals surface area contributed by atoms with E-state index in [1.165, 1.54) is 0 Å². The zero-order valence-corrected chi connectivity index (χ0v) is 14.4. The predicted octanol–water partition coefficient (Wildman–Crippen LogP) is 2.82. The summed E-state index contributed by atoms with van der Waals surface area (Å²) in [5.41, 5.74) is 2.76. The van der Waals surface area contributed by atoms with Gasteiger partial charge in [0.2, 0.25) is 0 Å². The van der Waals surface area contributed by atoms with Gasteiger partial charge in [0.15, 0.2) is 5.78 Å². The predicted molar refractivity (Wildman–Crippen MR) is 88.0 cm³/mol. The Kier molecular flexibility index (Phi) is 3.66. The number of halogens is 2. The van der Waals surface area contributed by atoms with Crippen molar-refractivity contribution in [1.82, 2.24) is 0 Å². The first kappa shape index (κ1) is 16.0. The minimum atomic E-state index is -1.32. The molecule has 4 rings (SSSR count). The number of carboxylic acids is 1. The molecule has 0 amide bonds. The number of hydrogen-bond acceptors (Lipinski definition) is 4. The summed E-state index contributed by atoms with van der Waals surface area (Å²) in [6.07, 6.45) is 6.41. The lowest BCUT2D eigenvalue weighted by atomic mass is 9.61. The molecular weight excluding hydrogens is 351 g/mol. The lowest BCUT2D eigenvalue weighted by Crippen LogP contribution is -2.35. The van der Waals surface area contributed by atoms with Crippen molar-refractivity contribution in [3.05, 3.63) is 33.3 Å². The maximum absolute atomic E-state index is 12.3. The second-order valence-corrected chi connectivity index (χ2v) is 7.66. The molecule has 3 aliphatic carbocycles. The largest absolute Gasteiger partial charge is 0.546 e. The van der Waals surface area contributed by atoms with Gasteiger partial charge in [0.05, 0.1) is 11.0 Å². The second kappa shape index (κ2) is 5.50. The number of hydrogen-bond donors (Lipinski definition) is 0. The number of fused-ring (bicyclic) bond motifs is 3. The molecule has 0 aromatic heterocycles. The van der Waals surface area contributed by atoms with Crippen molar-refractivity contribution in [1.29, 1.82) is 0 Å². The third kappa shape index (κ3) is 2.27. The lowest BCUT2D eigenvalue weighted by Gasteiger charge is -2.42. The van der Waals surface area contributed by atoms with Crippen LogP contribution in [0.5, 0.6) is 5.75 Å². The van der Waals surface area contributed by atoms with Gasteiger partial charge >= 0.3 is 0 Å². The van der Waals surface area contributed by atoms with Crippen LogP contribution in [0.4, 0.5) is 0 Å². The summed E-state index contributed by atoms with van der Waals surface area (Å²) >= 11 is 12.7. The lowest BCUT2D eigenvalue weighted by molar-refractivity contribution is -0.307. The molecule has 0 N–H and O–H groups in total. The van der Waals surface area contributed by atoms with Crippen LogP contribution in [0.2, 0.25) is 10.0 Å². The quantitative estimate of drug-likeness (QED) is 0.825. The van der Waals surface area contributed by atoms with Crippen LogP contribution in [-0.2, 0) is 16.0 Å². The van der Waals surface area contributed by atoms with E-state index in [1.807, 2.05) is 0 Å². The Bertz CT molecular complexity index is 799. The molecule has 1 aromatic rings. The molecular formula is C18H15Cl2O4-. The average Bonchev–Trinajstić information content (AvgIpc) is 2.82. The Labute approximate surface area is 149 Å². The molecule has 1 aromatic carbocycles. The van der Waals surface area contributed by atoms with E-state index >= 15 is 0 Å². The van der Waals surface area contributed by atoms with E-state index in [9.17, 15) is 14.7 Å². The number of ether oxygens (including phenoxy) is 1. The number of carbonyl (C=O) groups is 2. The normalized spacial score (nSPS) is 27.3. The van der Waals surface area contributed by atoms with Crippen molar-refractivity contribution in [3.8, 4) is 5.75 Å². The minimum absolute atomic E-state index is 0.0426. The fourth-order valence-corrected chi connectivity index (χ4v) is 5.07. The number of carbonyl (C=O) groups excluding carboxylic acids is 2. The first-order valence-electron chi connectivity index (χ1n) is 8.01. The van der Waals surface area contributed by atoms with Gasteiger partial charge < -0.3 is 14.6 Å². The van der Waals surface area contributed by atoms with E-state index in [0.29, 0.717) is 5.02 Å². The molecule has 1 fully saturated rings. The third-order valence-corrected chi connectivity index (χ3v) is 6.35. The molecule has 2 unspecified atom stereocenters. The zero-order valence-electron chi connectivity index (χ0n) is 12.9. The highest BCUT2D eigenvalue weighted by atomic mass is 35.5. The number of rotatable bonds is 3. The molecule has 0 heterocycles. The van der Waals surface area contributed by atoms with Gasteiger partial charge in [0, 0.05) is 16.9 Å². The minimum Gasteiger partial charge on any atom is -0.546 e. The summed E-state index contributed by atoms with van der Waals surface area (Å²) in [4.78, 5) is 23.0. The van der Waals surface area contributed by atoms with E-state index in [0.717, 1.165) is 48.8 Å². The van der Waals surface area contributed by atoms with Crippen molar-refractivity contribution >= 4 is 40.5 Å². The zero-order chi connectivity index (χ0) is 17.1. The van der Waals surface area contributed by atoms with Gasteiger partial charge in [-0.25, -0.2) is 0 Å².